The number of carbonyl (C=O) groups excluding carboxylic acids is 1. The van der Waals surface area contributed by atoms with E-state index in [9.17, 15) is 4.79 Å². The molecule has 1 amide bonds. The SMILES string of the molecule is COCC1CCN(C(=O)c2cc(NN)ccn2)C1. The highest BCUT2D eigenvalue weighted by atomic mass is 16.5. The summed E-state index contributed by atoms with van der Waals surface area (Å²) >= 11 is 0. The topological polar surface area (TPSA) is 80.5 Å². The number of carbonyl (C=O) groups is 1. The summed E-state index contributed by atoms with van der Waals surface area (Å²) in [7, 11) is 1.68. The number of anilines is 1. The molecule has 0 spiro atoms. The lowest BCUT2D eigenvalue weighted by Gasteiger charge is -2.16. The van der Waals surface area contributed by atoms with Crippen molar-refractivity contribution in [2.45, 2.75) is 6.42 Å². The van der Waals surface area contributed by atoms with Crippen LogP contribution < -0.4 is 11.3 Å². The fourth-order valence-corrected chi connectivity index (χ4v) is 2.19. The molecule has 0 radical (unpaired) electrons. The number of nitrogens with zero attached hydrogens (tertiary/aromatic N) is 2. The Hall–Kier alpha value is -1.66. The van der Waals surface area contributed by atoms with Crippen molar-refractivity contribution in [2.24, 2.45) is 11.8 Å². The molecular formula is C12H18N4O2. The van der Waals surface area contributed by atoms with E-state index in [4.69, 9.17) is 10.6 Å². The maximum Gasteiger partial charge on any atom is 0.272 e. The first-order chi connectivity index (χ1) is 8.74. The molecule has 6 nitrogen and oxygen atoms in total. The maximum absolute atomic E-state index is 12.2. The van der Waals surface area contributed by atoms with Gasteiger partial charge in [-0.05, 0) is 18.6 Å². The number of likely N-dealkylation sites (tertiary alicyclic amines) is 1. The van der Waals surface area contributed by atoms with Crippen LogP contribution >= 0.6 is 0 Å². The largest absolute Gasteiger partial charge is 0.384 e. The number of methoxy groups -OCH3 is 1. The van der Waals surface area contributed by atoms with E-state index in [1.54, 1.807) is 25.4 Å². The minimum atomic E-state index is -0.0503. The summed E-state index contributed by atoms with van der Waals surface area (Å²) < 4.78 is 5.12. The third-order valence-electron chi connectivity index (χ3n) is 3.12. The number of aromatic nitrogens is 1. The zero-order chi connectivity index (χ0) is 13.0. The van der Waals surface area contributed by atoms with Crippen molar-refractivity contribution in [3.8, 4) is 0 Å². The maximum atomic E-state index is 12.2. The van der Waals surface area contributed by atoms with Gasteiger partial charge in [-0.3, -0.25) is 15.6 Å². The van der Waals surface area contributed by atoms with E-state index in [0.717, 1.165) is 19.5 Å². The summed E-state index contributed by atoms with van der Waals surface area (Å²) in [5.74, 6) is 5.69. The molecule has 1 aromatic heterocycles. The zero-order valence-corrected chi connectivity index (χ0v) is 10.4. The third kappa shape index (κ3) is 2.77. The molecule has 2 heterocycles. The standard InChI is InChI=1S/C12H18N4O2/c1-18-8-9-3-5-16(7-9)12(17)11-6-10(15-13)2-4-14-11/h2,4,6,9H,3,5,7-8,13H2,1H3,(H,14,15). The average molecular weight is 250 g/mol. The Bertz CT molecular complexity index is 424. The van der Waals surface area contributed by atoms with Gasteiger partial charge in [0, 0.05) is 32.3 Å². The van der Waals surface area contributed by atoms with Crippen LogP contribution in [0.5, 0.6) is 0 Å². The first-order valence-electron chi connectivity index (χ1n) is 5.95. The summed E-state index contributed by atoms with van der Waals surface area (Å²) in [4.78, 5) is 18.1. The quantitative estimate of drug-likeness (QED) is 0.600. The lowest BCUT2D eigenvalue weighted by Crippen LogP contribution is -2.30. The lowest BCUT2D eigenvalue weighted by atomic mass is 10.1. The Morgan fingerprint density at radius 1 is 1.72 bits per heavy atom. The van der Waals surface area contributed by atoms with E-state index in [2.05, 4.69) is 10.4 Å². The van der Waals surface area contributed by atoms with Gasteiger partial charge in [-0.2, -0.15) is 0 Å². The van der Waals surface area contributed by atoms with E-state index in [1.165, 1.54) is 0 Å². The molecule has 0 saturated carbocycles. The molecule has 1 aromatic rings. The molecule has 18 heavy (non-hydrogen) atoms. The number of pyridine rings is 1. The lowest BCUT2D eigenvalue weighted by molar-refractivity contribution is 0.0770. The van der Waals surface area contributed by atoms with Crippen LogP contribution in [0.3, 0.4) is 0 Å². The van der Waals surface area contributed by atoms with Gasteiger partial charge < -0.3 is 15.1 Å². The monoisotopic (exact) mass is 250 g/mol. The van der Waals surface area contributed by atoms with E-state index in [1.807, 2.05) is 4.90 Å². The van der Waals surface area contributed by atoms with Crippen molar-refractivity contribution in [1.29, 1.82) is 0 Å². The second-order valence-electron chi connectivity index (χ2n) is 4.44. The molecule has 1 atom stereocenters. The second-order valence-corrected chi connectivity index (χ2v) is 4.44. The first-order valence-corrected chi connectivity index (χ1v) is 5.95. The summed E-state index contributed by atoms with van der Waals surface area (Å²) in [5.41, 5.74) is 3.61. The van der Waals surface area contributed by atoms with Crippen LogP contribution in [-0.4, -0.2) is 42.6 Å². The molecule has 6 heteroatoms. The molecule has 0 aromatic carbocycles. The number of rotatable bonds is 4. The minimum absolute atomic E-state index is 0.0503. The van der Waals surface area contributed by atoms with Crippen molar-refractivity contribution >= 4 is 11.6 Å². The van der Waals surface area contributed by atoms with Crippen molar-refractivity contribution in [2.75, 3.05) is 32.2 Å². The molecule has 2 rings (SSSR count). The summed E-state index contributed by atoms with van der Waals surface area (Å²) in [6.45, 7) is 2.19. The number of hydrazine groups is 1. The van der Waals surface area contributed by atoms with Gasteiger partial charge in [0.25, 0.3) is 5.91 Å². The molecule has 98 valence electrons. The van der Waals surface area contributed by atoms with E-state index >= 15 is 0 Å². The summed E-state index contributed by atoms with van der Waals surface area (Å²) in [6, 6.07) is 3.38. The van der Waals surface area contributed by atoms with Crippen LogP contribution in [0.4, 0.5) is 5.69 Å². The molecule has 0 bridgehead atoms. The predicted molar refractivity (Wildman–Crippen MR) is 67.9 cm³/mol. The van der Waals surface area contributed by atoms with Gasteiger partial charge in [0.2, 0.25) is 0 Å². The summed E-state index contributed by atoms with van der Waals surface area (Å²) in [6.07, 6.45) is 2.56. The Labute approximate surface area is 106 Å². The molecule has 0 aliphatic carbocycles. The van der Waals surface area contributed by atoms with E-state index < -0.39 is 0 Å². The fourth-order valence-electron chi connectivity index (χ4n) is 2.19. The molecular weight excluding hydrogens is 232 g/mol. The second kappa shape index (κ2) is 5.79. The number of ether oxygens (including phenoxy) is 1. The van der Waals surface area contributed by atoms with Gasteiger partial charge in [0.15, 0.2) is 0 Å². The first kappa shape index (κ1) is 12.8. The van der Waals surface area contributed by atoms with Gasteiger partial charge in [-0.25, -0.2) is 0 Å². The minimum Gasteiger partial charge on any atom is -0.384 e. The van der Waals surface area contributed by atoms with Crippen molar-refractivity contribution in [3.63, 3.8) is 0 Å². The third-order valence-corrected chi connectivity index (χ3v) is 3.12. The number of hydrogen-bond acceptors (Lipinski definition) is 5. The van der Waals surface area contributed by atoms with Crippen LogP contribution in [0.15, 0.2) is 18.3 Å². The van der Waals surface area contributed by atoms with E-state index in [-0.39, 0.29) is 5.91 Å². The summed E-state index contributed by atoms with van der Waals surface area (Å²) in [5, 5.41) is 0. The van der Waals surface area contributed by atoms with Crippen LogP contribution in [-0.2, 0) is 4.74 Å². The van der Waals surface area contributed by atoms with Crippen molar-refractivity contribution in [1.82, 2.24) is 9.88 Å². The van der Waals surface area contributed by atoms with Crippen LogP contribution in [0.25, 0.3) is 0 Å². The van der Waals surface area contributed by atoms with Gasteiger partial charge >= 0.3 is 0 Å². The highest BCUT2D eigenvalue weighted by molar-refractivity contribution is 5.93. The Morgan fingerprint density at radius 2 is 2.56 bits per heavy atom. The molecule has 1 aliphatic heterocycles. The predicted octanol–water partition coefficient (Wildman–Crippen LogP) is 0.476. The molecule has 1 unspecified atom stereocenters. The van der Waals surface area contributed by atoms with Gasteiger partial charge in [-0.1, -0.05) is 0 Å². The number of amides is 1. The smallest absolute Gasteiger partial charge is 0.272 e. The van der Waals surface area contributed by atoms with Crippen LogP contribution in [0.2, 0.25) is 0 Å². The normalized spacial score (nSPS) is 19.0. The number of hydrogen-bond donors (Lipinski definition) is 2. The number of nitrogens with one attached hydrogen (secondary N) is 1. The van der Waals surface area contributed by atoms with Crippen molar-refractivity contribution in [3.05, 3.63) is 24.0 Å². The Morgan fingerprint density at radius 3 is 3.28 bits per heavy atom. The zero-order valence-electron chi connectivity index (χ0n) is 10.4. The molecule has 1 aliphatic rings. The number of nitrogen functional groups attached to an aromatic ring is 1. The Kier molecular flexibility index (Phi) is 4.11. The average Bonchev–Trinajstić information content (AvgIpc) is 2.87. The fraction of sp³-hybridized carbons (Fsp3) is 0.500. The molecule has 1 fully saturated rings. The van der Waals surface area contributed by atoms with Gasteiger partial charge in [0.1, 0.15) is 5.69 Å². The molecule has 1 saturated heterocycles. The van der Waals surface area contributed by atoms with Crippen LogP contribution in [0.1, 0.15) is 16.9 Å². The van der Waals surface area contributed by atoms with Crippen LogP contribution in [0, 0.1) is 5.92 Å². The van der Waals surface area contributed by atoms with Crippen molar-refractivity contribution < 1.29 is 9.53 Å². The number of nitrogens with two attached hydrogens (primary N) is 1. The Balaban J connectivity index is 2.03. The van der Waals surface area contributed by atoms with Gasteiger partial charge in [-0.15, -0.1) is 0 Å². The highest BCUT2D eigenvalue weighted by Crippen LogP contribution is 2.19. The van der Waals surface area contributed by atoms with Gasteiger partial charge in [0.05, 0.1) is 12.3 Å². The van der Waals surface area contributed by atoms with E-state index in [0.29, 0.717) is 23.9 Å². The highest BCUT2D eigenvalue weighted by Gasteiger charge is 2.27. The molecule has 3 N–H and O–H groups in total.